The van der Waals surface area contributed by atoms with Gasteiger partial charge in [-0.15, -0.1) is 0 Å². The van der Waals surface area contributed by atoms with Crippen molar-refractivity contribution < 1.29 is 19.8 Å². The summed E-state index contributed by atoms with van der Waals surface area (Å²) in [7, 11) is 0. The summed E-state index contributed by atoms with van der Waals surface area (Å²) in [6.07, 6.45) is -0.800. The minimum atomic E-state index is -1.15. The molecule has 2 amide bonds. The number of nitrogens with one attached hydrogen (secondary N) is 1. The molecule has 1 saturated heterocycles. The number of carboxylic acid groups (broad SMARTS) is 1. The van der Waals surface area contributed by atoms with Crippen molar-refractivity contribution in [1.29, 1.82) is 0 Å². The molecule has 0 aliphatic carbocycles. The zero-order valence-electron chi connectivity index (χ0n) is 8.48. The Bertz CT molecular complexity index is 424. The van der Waals surface area contributed by atoms with E-state index in [0.29, 0.717) is 0 Å². The molecule has 0 saturated carbocycles. The van der Waals surface area contributed by atoms with E-state index in [-0.39, 0.29) is 18.1 Å². The Labute approximate surface area is 99.2 Å². The van der Waals surface area contributed by atoms with Crippen molar-refractivity contribution in [2.45, 2.75) is 18.6 Å². The zero-order valence-corrected chi connectivity index (χ0v) is 9.29. The number of amides is 2. The second-order valence-electron chi connectivity index (χ2n) is 3.49. The van der Waals surface area contributed by atoms with Gasteiger partial charge in [-0.1, -0.05) is 9.59 Å². The molecule has 2 atom stereocenters. The summed E-state index contributed by atoms with van der Waals surface area (Å²) in [6, 6.07) is -1.65. The lowest BCUT2D eigenvalue weighted by Crippen LogP contribution is -2.43. The molecule has 9 nitrogen and oxygen atoms in total. The highest BCUT2D eigenvalue weighted by molar-refractivity contribution is 7.09. The number of aromatic nitrogens is 3. The van der Waals surface area contributed by atoms with Gasteiger partial charge in [0.05, 0.1) is 6.10 Å². The Morgan fingerprint density at radius 3 is 2.88 bits per heavy atom. The number of nitrogens with zero attached hydrogens (tertiary/aromatic N) is 4. The lowest BCUT2D eigenvalue weighted by atomic mass is 10.2. The quantitative estimate of drug-likeness (QED) is 0.620. The van der Waals surface area contributed by atoms with Gasteiger partial charge >= 0.3 is 12.0 Å². The summed E-state index contributed by atoms with van der Waals surface area (Å²) < 4.78 is 3.45. The minimum absolute atomic E-state index is 0.0188. The molecule has 1 aliphatic heterocycles. The predicted octanol–water partition coefficient (Wildman–Crippen LogP) is -1.02. The van der Waals surface area contributed by atoms with Gasteiger partial charge in [0.15, 0.2) is 0 Å². The van der Waals surface area contributed by atoms with E-state index in [9.17, 15) is 14.7 Å². The fourth-order valence-electron chi connectivity index (χ4n) is 1.62. The summed E-state index contributed by atoms with van der Waals surface area (Å²) in [5.41, 5.74) is 0. The van der Waals surface area contributed by atoms with E-state index < -0.39 is 24.1 Å². The third-order valence-electron chi connectivity index (χ3n) is 2.34. The van der Waals surface area contributed by atoms with Gasteiger partial charge in [-0.25, -0.2) is 9.59 Å². The first-order chi connectivity index (χ1) is 8.08. The maximum absolute atomic E-state index is 11.7. The molecule has 0 bridgehead atoms. The second-order valence-corrected chi connectivity index (χ2v) is 4.23. The number of anilines is 1. The first-order valence-corrected chi connectivity index (χ1v) is 5.49. The molecule has 1 aromatic heterocycles. The van der Waals surface area contributed by atoms with E-state index in [1.807, 2.05) is 0 Å². The summed E-state index contributed by atoms with van der Waals surface area (Å²) in [5, 5.41) is 27.6. The predicted molar refractivity (Wildman–Crippen MR) is 55.5 cm³/mol. The van der Waals surface area contributed by atoms with E-state index in [2.05, 4.69) is 20.1 Å². The average molecular weight is 259 g/mol. The Hall–Kier alpha value is -1.81. The largest absolute Gasteiger partial charge is 0.480 e. The highest BCUT2D eigenvalue weighted by atomic mass is 32.1. The van der Waals surface area contributed by atoms with Gasteiger partial charge < -0.3 is 15.1 Å². The monoisotopic (exact) mass is 259 g/mol. The van der Waals surface area contributed by atoms with E-state index >= 15 is 0 Å². The molecule has 1 unspecified atom stereocenters. The first-order valence-electron chi connectivity index (χ1n) is 4.71. The molecule has 1 aliphatic rings. The van der Waals surface area contributed by atoms with Crippen LogP contribution in [0.25, 0.3) is 0 Å². The van der Waals surface area contributed by atoms with Crippen LogP contribution in [-0.2, 0) is 4.79 Å². The number of likely N-dealkylation sites (tertiary alicyclic amines) is 1. The number of aliphatic hydroxyl groups excluding tert-OH is 1. The normalized spacial score (nSPS) is 23.7. The standard InChI is InChI=1S/C7H9N5O4S/c13-3-1-4(5(14)15)12(2-3)7(16)8-6-9-10-11-17-6/h3-4,13H,1-2H2,(H,14,15)(H,8,9,11,16)/t3?,4-/m0/s1. The smallest absolute Gasteiger partial charge is 0.326 e. The topological polar surface area (TPSA) is 129 Å². The number of carbonyl (C=O) groups excluding carboxylic acids is 1. The van der Waals surface area contributed by atoms with Gasteiger partial charge in [0, 0.05) is 24.5 Å². The van der Waals surface area contributed by atoms with Crippen LogP contribution in [0, 0.1) is 0 Å². The molecule has 2 rings (SSSR count). The van der Waals surface area contributed by atoms with Crippen LogP contribution in [0.2, 0.25) is 0 Å². The number of carboxylic acids is 1. The van der Waals surface area contributed by atoms with Crippen LogP contribution in [0.15, 0.2) is 0 Å². The molecule has 0 spiro atoms. The number of carbonyl (C=O) groups is 2. The van der Waals surface area contributed by atoms with Gasteiger partial charge in [-0.05, 0) is 5.21 Å². The van der Waals surface area contributed by atoms with Crippen molar-refractivity contribution in [3.63, 3.8) is 0 Å². The fourth-order valence-corrected chi connectivity index (χ4v) is 1.97. The number of aliphatic carboxylic acids is 1. The molecule has 1 fully saturated rings. The van der Waals surface area contributed by atoms with Crippen molar-refractivity contribution in [2.24, 2.45) is 0 Å². The van der Waals surface area contributed by atoms with Crippen molar-refractivity contribution in [3.8, 4) is 0 Å². The van der Waals surface area contributed by atoms with Crippen molar-refractivity contribution in [3.05, 3.63) is 0 Å². The average Bonchev–Trinajstić information content (AvgIpc) is 2.86. The second kappa shape index (κ2) is 4.59. The number of rotatable bonds is 2. The molecule has 1 aromatic rings. The van der Waals surface area contributed by atoms with Crippen LogP contribution < -0.4 is 5.32 Å². The van der Waals surface area contributed by atoms with E-state index in [0.717, 1.165) is 16.4 Å². The number of aliphatic hydroxyl groups is 1. The Morgan fingerprint density at radius 1 is 1.53 bits per heavy atom. The van der Waals surface area contributed by atoms with Gasteiger partial charge in [0.2, 0.25) is 5.13 Å². The Morgan fingerprint density at radius 2 is 2.29 bits per heavy atom. The number of urea groups is 1. The minimum Gasteiger partial charge on any atom is -0.480 e. The Kier molecular flexibility index (Phi) is 3.15. The summed E-state index contributed by atoms with van der Waals surface area (Å²) in [6.45, 7) is -0.0188. The third-order valence-corrected chi connectivity index (χ3v) is 2.85. The van der Waals surface area contributed by atoms with Crippen molar-refractivity contribution in [1.82, 2.24) is 19.7 Å². The van der Waals surface area contributed by atoms with Crippen LogP contribution in [-0.4, -0.2) is 60.6 Å². The first kappa shape index (κ1) is 11.7. The molecule has 3 N–H and O–H groups in total. The van der Waals surface area contributed by atoms with Crippen LogP contribution in [0.4, 0.5) is 9.93 Å². The highest BCUT2D eigenvalue weighted by Gasteiger charge is 2.39. The van der Waals surface area contributed by atoms with E-state index in [1.54, 1.807) is 0 Å². The summed E-state index contributed by atoms with van der Waals surface area (Å²) in [4.78, 5) is 23.7. The van der Waals surface area contributed by atoms with Gasteiger partial charge in [0.1, 0.15) is 6.04 Å². The molecular formula is C7H9N5O4S. The van der Waals surface area contributed by atoms with Crippen LogP contribution in [0.3, 0.4) is 0 Å². The molecular weight excluding hydrogens is 250 g/mol. The molecule has 2 heterocycles. The van der Waals surface area contributed by atoms with Crippen molar-refractivity contribution >= 4 is 28.7 Å². The molecule has 10 heteroatoms. The zero-order chi connectivity index (χ0) is 12.4. The number of hydrogen-bond donors (Lipinski definition) is 3. The summed E-state index contributed by atoms with van der Waals surface area (Å²) in [5.74, 6) is -1.15. The summed E-state index contributed by atoms with van der Waals surface area (Å²) >= 11 is 0.880. The van der Waals surface area contributed by atoms with Gasteiger partial charge in [-0.2, -0.15) is 0 Å². The molecule has 92 valence electrons. The SMILES string of the molecule is O=C(O)[C@@H]1CC(O)CN1C(=O)Nc1nnns1. The number of β-amino-alcohol motifs (C(OH)–C–C–N with tert-alkyl or cyclic N) is 1. The number of hydrogen-bond acceptors (Lipinski definition) is 7. The van der Waals surface area contributed by atoms with Gasteiger partial charge in [0.25, 0.3) is 0 Å². The Balaban J connectivity index is 2.05. The lowest BCUT2D eigenvalue weighted by Gasteiger charge is -2.20. The van der Waals surface area contributed by atoms with Crippen LogP contribution in [0.5, 0.6) is 0 Å². The maximum Gasteiger partial charge on any atom is 0.326 e. The van der Waals surface area contributed by atoms with Gasteiger partial charge in [-0.3, -0.25) is 5.32 Å². The van der Waals surface area contributed by atoms with E-state index in [1.165, 1.54) is 0 Å². The molecule has 17 heavy (non-hydrogen) atoms. The highest BCUT2D eigenvalue weighted by Crippen LogP contribution is 2.19. The fraction of sp³-hybridized carbons (Fsp3) is 0.571. The third kappa shape index (κ3) is 2.47. The maximum atomic E-state index is 11.7. The van der Waals surface area contributed by atoms with Crippen LogP contribution in [0.1, 0.15) is 6.42 Å². The van der Waals surface area contributed by atoms with E-state index in [4.69, 9.17) is 5.11 Å². The molecule has 0 radical (unpaired) electrons. The molecule has 0 aromatic carbocycles. The van der Waals surface area contributed by atoms with Crippen LogP contribution >= 0.6 is 11.5 Å². The van der Waals surface area contributed by atoms with Crippen molar-refractivity contribution in [2.75, 3.05) is 11.9 Å². The lowest BCUT2D eigenvalue weighted by molar-refractivity contribution is -0.141.